The summed E-state index contributed by atoms with van der Waals surface area (Å²) < 4.78 is 0.884. The Morgan fingerprint density at radius 1 is 0.292 bits per heavy atom. The molecule has 3 heterocycles. The van der Waals surface area contributed by atoms with Crippen molar-refractivity contribution in [2.75, 3.05) is 10.6 Å². The standard InChI is InChI=1S/C47H39N3.C37H33N.C5H4BrN.CH4/c1-30-38(31-20-22-36-34-14-6-8-16-40(34)46(2,3)42(36)26-31)28-33(50(44-18-10-12-24-48-44)45-19-11-13-25-49-45)29-39(30)32-21-23-37-35-15-7-9-17-41(35)47(4,5)43(37)27-32;1-22-30(23-14-16-28-26-10-6-8-12-32(26)36(2,3)34(28)18-23)20-25(38)21-31(22)24-15-17-29-27-11-7-9-13-33(27)37(4,5)35(29)19-24;6-5-3-1-2-4-7-5;/h6-29H,1-5H3;6-21H,38H2,1-5H3;1-4H;1H4. The van der Waals surface area contributed by atoms with E-state index in [1.165, 1.54) is 145 Å². The van der Waals surface area contributed by atoms with Crippen molar-refractivity contribution in [2.45, 2.75) is 98.3 Å². The van der Waals surface area contributed by atoms with Crippen molar-refractivity contribution in [3.8, 4) is 89.0 Å². The summed E-state index contributed by atoms with van der Waals surface area (Å²) >= 11 is 3.20. The van der Waals surface area contributed by atoms with Crippen LogP contribution in [0.1, 0.15) is 118 Å². The fourth-order valence-electron chi connectivity index (χ4n) is 15.9. The van der Waals surface area contributed by atoms with Crippen molar-refractivity contribution >= 4 is 38.9 Å². The lowest BCUT2D eigenvalue weighted by Crippen LogP contribution is -2.15. The highest BCUT2D eigenvalue weighted by Crippen LogP contribution is 2.55. The molecule has 4 aliphatic carbocycles. The van der Waals surface area contributed by atoms with Gasteiger partial charge < -0.3 is 5.73 Å². The van der Waals surface area contributed by atoms with Crippen LogP contribution in [-0.4, -0.2) is 15.0 Å². The lowest BCUT2D eigenvalue weighted by Gasteiger charge is -2.27. The Hall–Kier alpha value is -10.3. The third-order valence-electron chi connectivity index (χ3n) is 21.0. The first-order chi connectivity index (χ1) is 45.8. The summed E-state index contributed by atoms with van der Waals surface area (Å²) in [5.74, 6) is 1.64. The van der Waals surface area contributed by atoms with Gasteiger partial charge in [-0.3, -0.25) is 4.90 Å². The molecule has 0 radical (unpaired) electrons. The van der Waals surface area contributed by atoms with E-state index < -0.39 is 0 Å². The van der Waals surface area contributed by atoms with Crippen LogP contribution in [-0.2, 0) is 21.7 Å². The van der Waals surface area contributed by atoms with Crippen molar-refractivity contribution < 1.29 is 0 Å². The summed E-state index contributed by atoms with van der Waals surface area (Å²) in [6.07, 6.45) is 5.44. The molecular weight excluding hydrogens is 1230 g/mol. The second kappa shape index (κ2) is 24.2. The van der Waals surface area contributed by atoms with E-state index in [0.29, 0.717) is 0 Å². The van der Waals surface area contributed by atoms with Gasteiger partial charge in [-0.25, -0.2) is 15.0 Å². The molecule has 17 rings (SSSR count). The molecule has 4 aliphatic rings. The summed E-state index contributed by atoms with van der Waals surface area (Å²) in [5, 5.41) is 0. The second-order valence-corrected chi connectivity index (χ2v) is 28.8. The van der Waals surface area contributed by atoms with Gasteiger partial charge in [0, 0.05) is 45.9 Å². The third-order valence-corrected chi connectivity index (χ3v) is 21.5. The van der Waals surface area contributed by atoms with Crippen LogP contribution in [0.2, 0.25) is 0 Å². The maximum atomic E-state index is 6.57. The molecule has 0 amide bonds. The number of pyridine rings is 3. The van der Waals surface area contributed by atoms with E-state index in [2.05, 4.69) is 301 Å². The predicted octanol–water partition coefficient (Wildman–Crippen LogP) is 24.2. The number of benzene rings is 10. The van der Waals surface area contributed by atoms with Crippen molar-refractivity contribution in [2.24, 2.45) is 0 Å². The number of hydrogen-bond acceptors (Lipinski definition) is 5. The molecule has 0 saturated carbocycles. The highest BCUT2D eigenvalue weighted by Gasteiger charge is 2.40. The molecular formula is C90H80BrN5. The molecule has 10 aromatic carbocycles. The van der Waals surface area contributed by atoms with Gasteiger partial charge in [-0.2, -0.15) is 0 Å². The van der Waals surface area contributed by atoms with Gasteiger partial charge >= 0.3 is 0 Å². The minimum atomic E-state index is -0.0925. The van der Waals surface area contributed by atoms with Crippen molar-refractivity contribution in [3.05, 3.63) is 328 Å². The van der Waals surface area contributed by atoms with Gasteiger partial charge in [0.25, 0.3) is 0 Å². The zero-order chi connectivity index (χ0) is 65.7. The fourth-order valence-corrected chi connectivity index (χ4v) is 16.2. The highest BCUT2D eigenvalue weighted by atomic mass is 79.9. The van der Waals surface area contributed by atoms with Gasteiger partial charge in [0.2, 0.25) is 0 Å². The van der Waals surface area contributed by atoms with E-state index in [0.717, 1.165) is 27.6 Å². The van der Waals surface area contributed by atoms with E-state index in [-0.39, 0.29) is 29.1 Å². The number of rotatable bonds is 7. The van der Waals surface area contributed by atoms with Crippen LogP contribution < -0.4 is 10.6 Å². The summed E-state index contributed by atoms with van der Waals surface area (Å²) in [7, 11) is 0. The first kappa shape index (κ1) is 63.1. The summed E-state index contributed by atoms with van der Waals surface area (Å²) in [6, 6.07) is 90.1. The largest absolute Gasteiger partial charge is 0.399 e. The average Bonchev–Trinajstić information content (AvgIpc) is 1.56. The molecule has 2 N–H and O–H groups in total. The van der Waals surface area contributed by atoms with Gasteiger partial charge in [0.1, 0.15) is 16.2 Å². The number of hydrogen-bond donors (Lipinski definition) is 1. The van der Waals surface area contributed by atoms with Crippen LogP contribution in [0, 0.1) is 13.8 Å². The molecule has 13 aromatic rings. The number of anilines is 4. The Kier molecular flexibility index (Phi) is 15.9. The topological polar surface area (TPSA) is 67.9 Å². The fraction of sp³-hybridized carbons (Fsp3) is 0.167. The molecule has 0 fully saturated rings. The van der Waals surface area contributed by atoms with Crippen molar-refractivity contribution in [3.63, 3.8) is 0 Å². The molecule has 6 heteroatoms. The lowest BCUT2D eigenvalue weighted by atomic mass is 9.80. The van der Waals surface area contributed by atoms with Crippen LogP contribution >= 0.6 is 15.9 Å². The minimum Gasteiger partial charge on any atom is -0.399 e. The molecule has 0 unspecified atom stereocenters. The maximum absolute atomic E-state index is 6.57. The summed E-state index contributed by atoms with van der Waals surface area (Å²) in [6.45, 7) is 23.3. The predicted molar refractivity (Wildman–Crippen MR) is 408 cm³/mol. The molecule has 3 aromatic heterocycles. The molecule has 0 aliphatic heterocycles. The number of nitrogens with zero attached hydrogens (tertiary/aromatic N) is 4. The Labute approximate surface area is 575 Å². The van der Waals surface area contributed by atoms with Crippen molar-refractivity contribution in [1.82, 2.24) is 15.0 Å². The molecule has 0 saturated heterocycles. The number of halogens is 1. The number of nitrogens with two attached hydrogens (primary N) is 1. The average molecular weight is 1310 g/mol. The van der Waals surface area contributed by atoms with Crippen LogP contribution in [0.15, 0.2) is 272 Å². The monoisotopic (exact) mass is 1310 g/mol. The quantitative estimate of drug-likeness (QED) is 0.127. The molecule has 0 bridgehead atoms. The van der Waals surface area contributed by atoms with E-state index in [9.17, 15) is 0 Å². The second-order valence-electron chi connectivity index (χ2n) is 28.0. The van der Waals surface area contributed by atoms with Crippen LogP contribution in [0.25, 0.3) is 89.0 Å². The normalized spacial score (nSPS) is 14.3. The van der Waals surface area contributed by atoms with Crippen molar-refractivity contribution in [1.29, 1.82) is 0 Å². The third kappa shape index (κ3) is 10.5. The SMILES string of the molecule is Brc1ccccn1.C.Cc1c(-c2ccc3c(c2)C(C)(C)c2ccccc2-3)cc(N(c2ccccn2)c2ccccn2)cc1-c1ccc2c(c1)C(C)(C)c1ccccc1-2.Cc1c(-c2ccc3c(c2)C(C)(C)c2ccccc2-3)cc(N)cc1-c1ccc2c(c1)C(C)(C)c1ccccc1-2. The molecule has 0 atom stereocenters. The minimum absolute atomic E-state index is 0. The first-order valence-electron chi connectivity index (χ1n) is 33.0. The Morgan fingerprint density at radius 2 is 0.562 bits per heavy atom. The smallest absolute Gasteiger partial charge is 0.138 e. The van der Waals surface area contributed by atoms with Gasteiger partial charge in [-0.05, 0) is 259 Å². The summed E-state index contributed by atoms with van der Waals surface area (Å²) in [4.78, 5) is 15.7. The summed E-state index contributed by atoms with van der Waals surface area (Å²) in [5.41, 5.74) is 42.1. The van der Waals surface area contributed by atoms with E-state index in [4.69, 9.17) is 15.7 Å². The Bertz CT molecular complexity index is 4880. The van der Waals surface area contributed by atoms with Crippen LogP contribution in [0.5, 0.6) is 0 Å². The zero-order valence-corrected chi connectivity index (χ0v) is 57.2. The van der Waals surface area contributed by atoms with E-state index in [1.807, 2.05) is 54.9 Å². The number of fused-ring (bicyclic) bond motifs is 12. The molecule has 472 valence electrons. The number of aromatic nitrogens is 3. The molecule has 96 heavy (non-hydrogen) atoms. The maximum Gasteiger partial charge on any atom is 0.138 e. The van der Waals surface area contributed by atoms with Gasteiger partial charge in [-0.15, -0.1) is 0 Å². The van der Waals surface area contributed by atoms with Gasteiger partial charge in [0.05, 0.1) is 5.69 Å². The van der Waals surface area contributed by atoms with E-state index in [1.54, 1.807) is 6.20 Å². The Balaban J connectivity index is 0.000000152. The van der Waals surface area contributed by atoms with E-state index >= 15 is 0 Å². The van der Waals surface area contributed by atoms with Gasteiger partial charge in [0.15, 0.2) is 0 Å². The lowest BCUT2D eigenvalue weighted by molar-refractivity contribution is 0.660. The van der Waals surface area contributed by atoms with Crippen LogP contribution in [0.3, 0.4) is 0 Å². The highest BCUT2D eigenvalue weighted by molar-refractivity contribution is 9.10. The van der Waals surface area contributed by atoms with Gasteiger partial charge in [-0.1, -0.05) is 227 Å². The Morgan fingerprint density at radius 3 is 0.833 bits per heavy atom. The molecule has 5 nitrogen and oxygen atoms in total. The number of nitrogen functional groups attached to an aromatic ring is 1. The zero-order valence-electron chi connectivity index (χ0n) is 55.6. The first-order valence-corrected chi connectivity index (χ1v) is 33.8. The molecule has 0 spiro atoms. The van der Waals surface area contributed by atoms with Crippen LogP contribution in [0.4, 0.5) is 23.0 Å².